The van der Waals surface area contributed by atoms with Crippen LogP contribution in [0.1, 0.15) is 0 Å². The van der Waals surface area contributed by atoms with Crippen LogP contribution < -0.4 is 11.3 Å². The molecule has 0 aliphatic rings. The molecule has 0 spiro atoms. The lowest BCUT2D eigenvalue weighted by molar-refractivity contribution is 0.515. The molecule has 0 saturated heterocycles. The molecule has 0 bridgehead atoms. The Kier molecular flexibility index (Phi) is 3.06. The number of nitrogen functional groups attached to an aromatic ring is 1. The van der Waals surface area contributed by atoms with Gasteiger partial charge in [-0.15, -0.1) is 0 Å². The molecule has 3 aromatic heterocycles. The van der Waals surface area contributed by atoms with Crippen molar-refractivity contribution < 1.29 is 8.78 Å². The smallest absolute Gasteiger partial charge is 0.272 e. The summed E-state index contributed by atoms with van der Waals surface area (Å²) < 4.78 is 28.3. The third-order valence-electron chi connectivity index (χ3n) is 4.71. The second kappa shape index (κ2) is 5.34. The third-order valence-corrected chi connectivity index (χ3v) is 4.71. The van der Waals surface area contributed by atoms with Gasteiger partial charge in [-0.2, -0.15) is 5.10 Å². The van der Waals surface area contributed by atoms with Crippen LogP contribution >= 0.6 is 0 Å². The zero-order valence-corrected chi connectivity index (χ0v) is 13.7. The number of aromatic nitrogens is 4. The number of rotatable bonds is 1. The van der Waals surface area contributed by atoms with Crippen LogP contribution in [0, 0.1) is 11.6 Å². The van der Waals surface area contributed by atoms with Gasteiger partial charge in [0, 0.05) is 27.9 Å². The third kappa shape index (κ3) is 2.06. The summed E-state index contributed by atoms with van der Waals surface area (Å²) in [7, 11) is 0. The van der Waals surface area contributed by atoms with E-state index in [-0.39, 0.29) is 16.8 Å². The number of nitrogens with one attached hydrogen (secondary N) is 2. The lowest BCUT2D eigenvalue weighted by atomic mass is 9.95. The zero-order valence-electron chi connectivity index (χ0n) is 13.7. The number of nitrogens with zero attached hydrogens (tertiary/aromatic N) is 2. The number of nitrogens with two attached hydrogens (primary N) is 1. The topological polar surface area (TPSA) is 100 Å². The van der Waals surface area contributed by atoms with Gasteiger partial charge in [-0.05, 0) is 35.9 Å². The maximum atomic E-state index is 14.2. The molecule has 132 valence electrons. The molecule has 0 radical (unpaired) electrons. The van der Waals surface area contributed by atoms with Gasteiger partial charge in [-0.1, -0.05) is 0 Å². The number of hydrogen-bond donors (Lipinski definition) is 3. The fourth-order valence-electron chi connectivity index (χ4n) is 3.48. The first-order valence-corrected chi connectivity index (χ1v) is 8.07. The number of anilines is 1. The summed E-state index contributed by atoms with van der Waals surface area (Å²) in [6.07, 6.45) is 3.02. The van der Waals surface area contributed by atoms with Crippen molar-refractivity contribution in [3.05, 3.63) is 64.7 Å². The predicted octanol–water partition coefficient (Wildman–Crippen LogP) is 3.48. The molecule has 0 saturated carbocycles. The standard InChI is InChI=1S/C19H11F2N5O/c20-12-6-10(11-7-24-26-18(11)15(12)21)14-9-3-4-13-8(2-1-5-23-13)17(9)25-19(27)16(14)22/h1-7H,22H2,(H,24,26)(H,25,27). The summed E-state index contributed by atoms with van der Waals surface area (Å²) in [4.78, 5) is 19.5. The van der Waals surface area contributed by atoms with E-state index in [2.05, 4.69) is 20.2 Å². The van der Waals surface area contributed by atoms with Gasteiger partial charge in [0.1, 0.15) is 11.2 Å². The minimum absolute atomic E-state index is 0.0831. The number of hydrogen-bond acceptors (Lipinski definition) is 4. The van der Waals surface area contributed by atoms with Crippen LogP contribution in [-0.4, -0.2) is 20.2 Å². The fraction of sp³-hybridized carbons (Fsp3) is 0. The largest absolute Gasteiger partial charge is 0.394 e. The van der Waals surface area contributed by atoms with Gasteiger partial charge in [-0.25, -0.2) is 8.78 Å². The molecule has 0 atom stereocenters. The van der Waals surface area contributed by atoms with Crippen LogP contribution in [0.25, 0.3) is 43.8 Å². The van der Waals surface area contributed by atoms with Crippen LogP contribution in [0.3, 0.4) is 0 Å². The molecule has 0 amide bonds. The molecular formula is C19H11F2N5O. The normalized spacial score (nSPS) is 11.6. The van der Waals surface area contributed by atoms with E-state index in [9.17, 15) is 13.6 Å². The first kappa shape index (κ1) is 15.4. The van der Waals surface area contributed by atoms with Gasteiger partial charge in [0.05, 0.1) is 17.2 Å². The summed E-state index contributed by atoms with van der Waals surface area (Å²) in [5.74, 6) is -2.09. The van der Waals surface area contributed by atoms with E-state index in [1.165, 1.54) is 6.20 Å². The van der Waals surface area contributed by atoms with Crippen LogP contribution in [0.15, 0.2) is 47.5 Å². The molecule has 2 aromatic carbocycles. The van der Waals surface area contributed by atoms with Gasteiger partial charge in [0.25, 0.3) is 5.56 Å². The average molecular weight is 363 g/mol. The van der Waals surface area contributed by atoms with E-state index >= 15 is 0 Å². The van der Waals surface area contributed by atoms with E-state index in [4.69, 9.17) is 5.73 Å². The van der Waals surface area contributed by atoms with Crippen LogP contribution in [0.4, 0.5) is 14.5 Å². The molecule has 0 aliphatic heterocycles. The molecule has 0 unspecified atom stereocenters. The zero-order chi connectivity index (χ0) is 18.7. The minimum atomic E-state index is -1.06. The van der Waals surface area contributed by atoms with E-state index in [0.717, 1.165) is 11.5 Å². The highest BCUT2D eigenvalue weighted by atomic mass is 19.2. The summed E-state index contributed by atoms with van der Waals surface area (Å²) in [6.45, 7) is 0. The Hall–Kier alpha value is -3.81. The highest BCUT2D eigenvalue weighted by molar-refractivity contribution is 6.14. The average Bonchev–Trinajstić information content (AvgIpc) is 3.16. The molecule has 5 aromatic rings. The van der Waals surface area contributed by atoms with Crippen LogP contribution in [-0.2, 0) is 0 Å². The first-order valence-electron chi connectivity index (χ1n) is 8.07. The minimum Gasteiger partial charge on any atom is -0.394 e. The Bertz CT molecular complexity index is 1440. The Morgan fingerprint density at radius 1 is 1.04 bits per heavy atom. The van der Waals surface area contributed by atoms with Crippen molar-refractivity contribution in [3.8, 4) is 11.1 Å². The lowest BCUT2D eigenvalue weighted by Gasteiger charge is -2.13. The summed E-state index contributed by atoms with van der Waals surface area (Å²) in [6, 6.07) is 8.14. The van der Waals surface area contributed by atoms with Crippen molar-refractivity contribution >= 4 is 38.4 Å². The monoisotopic (exact) mass is 363 g/mol. The maximum Gasteiger partial charge on any atom is 0.272 e. The molecule has 8 heteroatoms. The van der Waals surface area contributed by atoms with Gasteiger partial charge in [-0.3, -0.25) is 14.9 Å². The van der Waals surface area contributed by atoms with E-state index in [1.54, 1.807) is 24.4 Å². The molecule has 3 heterocycles. The first-order chi connectivity index (χ1) is 13.1. The number of pyridine rings is 2. The maximum absolute atomic E-state index is 14.2. The van der Waals surface area contributed by atoms with Crippen molar-refractivity contribution in [2.75, 3.05) is 5.73 Å². The Balaban J connectivity index is 2.02. The van der Waals surface area contributed by atoms with Crippen molar-refractivity contribution in [2.45, 2.75) is 0 Å². The van der Waals surface area contributed by atoms with Crippen molar-refractivity contribution in [2.24, 2.45) is 0 Å². The van der Waals surface area contributed by atoms with Crippen molar-refractivity contribution in [3.63, 3.8) is 0 Å². The molecular weight excluding hydrogens is 352 g/mol. The van der Waals surface area contributed by atoms with E-state index in [1.807, 2.05) is 6.07 Å². The summed E-state index contributed by atoms with van der Waals surface area (Å²) in [5.41, 5.74) is 7.21. The van der Waals surface area contributed by atoms with E-state index < -0.39 is 17.2 Å². The molecule has 5 rings (SSSR count). The van der Waals surface area contributed by atoms with Gasteiger partial charge in [0.15, 0.2) is 11.6 Å². The second-order valence-corrected chi connectivity index (χ2v) is 6.18. The van der Waals surface area contributed by atoms with Gasteiger partial charge in [0.2, 0.25) is 0 Å². The number of halogens is 2. The number of fused-ring (bicyclic) bond motifs is 4. The highest BCUT2D eigenvalue weighted by Crippen LogP contribution is 2.38. The Morgan fingerprint density at radius 3 is 2.74 bits per heavy atom. The SMILES string of the molecule is Nc1c(-c2cc(F)c(F)c3[nH]ncc23)c2ccc3ncccc3c2[nH]c1=O. The van der Waals surface area contributed by atoms with Crippen LogP contribution in [0.5, 0.6) is 0 Å². The molecule has 4 N–H and O–H groups in total. The number of aromatic amines is 2. The summed E-state index contributed by atoms with van der Waals surface area (Å²) >= 11 is 0. The Morgan fingerprint density at radius 2 is 1.89 bits per heavy atom. The Labute approximate surface area is 149 Å². The second-order valence-electron chi connectivity index (χ2n) is 6.18. The number of benzene rings is 2. The predicted molar refractivity (Wildman–Crippen MR) is 99.3 cm³/mol. The van der Waals surface area contributed by atoms with Crippen molar-refractivity contribution in [1.82, 2.24) is 20.2 Å². The lowest BCUT2D eigenvalue weighted by Crippen LogP contribution is -2.14. The number of H-pyrrole nitrogens is 2. The van der Waals surface area contributed by atoms with Crippen molar-refractivity contribution in [1.29, 1.82) is 0 Å². The molecule has 0 aliphatic carbocycles. The van der Waals surface area contributed by atoms with E-state index in [0.29, 0.717) is 27.4 Å². The molecule has 27 heavy (non-hydrogen) atoms. The van der Waals surface area contributed by atoms with Gasteiger partial charge < -0.3 is 10.7 Å². The molecule has 6 nitrogen and oxygen atoms in total. The quantitative estimate of drug-likeness (QED) is 0.397. The molecule has 0 fully saturated rings. The highest BCUT2D eigenvalue weighted by Gasteiger charge is 2.20. The fourth-order valence-corrected chi connectivity index (χ4v) is 3.48. The summed E-state index contributed by atoms with van der Waals surface area (Å²) in [5, 5.41) is 7.90. The van der Waals surface area contributed by atoms with Crippen LogP contribution in [0.2, 0.25) is 0 Å². The van der Waals surface area contributed by atoms with Gasteiger partial charge >= 0.3 is 0 Å².